The molecule has 74 valence electrons. The van der Waals surface area contributed by atoms with Crippen molar-refractivity contribution < 1.29 is 5.11 Å². The molecule has 13 heavy (non-hydrogen) atoms. The van der Waals surface area contributed by atoms with Gasteiger partial charge in [0, 0.05) is 6.61 Å². The summed E-state index contributed by atoms with van der Waals surface area (Å²) >= 11 is 0. The highest BCUT2D eigenvalue weighted by Gasteiger charge is 2.45. The molecule has 2 aliphatic carbocycles. The van der Waals surface area contributed by atoms with Gasteiger partial charge in [0.1, 0.15) is 0 Å². The van der Waals surface area contributed by atoms with Gasteiger partial charge in [-0.15, -0.1) is 0 Å². The molecule has 0 spiro atoms. The van der Waals surface area contributed by atoms with E-state index in [-0.39, 0.29) is 0 Å². The van der Waals surface area contributed by atoms with E-state index in [1.165, 1.54) is 25.7 Å². The van der Waals surface area contributed by atoms with Crippen molar-refractivity contribution in [1.29, 1.82) is 0 Å². The van der Waals surface area contributed by atoms with Crippen molar-refractivity contribution >= 4 is 0 Å². The lowest BCUT2D eigenvalue weighted by Crippen LogP contribution is -2.30. The Balaban J connectivity index is 2.13. The second-order valence-electron chi connectivity index (χ2n) is 4.87. The Kier molecular flexibility index (Phi) is 2.46. The molecule has 0 amide bonds. The van der Waals surface area contributed by atoms with Crippen LogP contribution in [0.1, 0.15) is 39.0 Å². The highest BCUT2D eigenvalue weighted by Crippen LogP contribution is 2.54. The zero-order chi connectivity index (χ0) is 9.31. The summed E-state index contributed by atoms with van der Waals surface area (Å²) in [5.41, 5.74) is 0.511. The second-order valence-corrected chi connectivity index (χ2v) is 4.87. The maximum atomic E-state index is 9.01. The number of allylic oxidation sites excluding steroid dienone is 2. The lowest BCUT2D eigenvalue weighted by atomic mass is 9.67. The summed E-state index contributed by atoms with van der Waals surface area (Å²) in [4.78, 5) is 0. The van der Waals surface area contributed by atoms with Crippen LogP contribution in [0.2, 0.25) is 0 Å². The molecule has 1 saturated carbocycles. The van der Waals surface area contributed by atoms with Gasteiger partial charge in [-0.05, 0) is 49.4 Å². The first kappa shape index (κ1) is 9.26. The molecule has 1 heteroatoms. The fraction of sp³-hybridized carbons (Fsp3) is 0.833. The summed E-state index contributed by atoms with van der Waals surface area (Å²) in [5.74, 6) is 1.57. The number of rotatable bonds is 2. The molecule has 0 radical (unpaired) electrons. The van der Waals surface area contributed by atoms with Crippen molar-refractivity contribution in [2.45, 2.75) is 39.0 Å². The first-order valence-corrected chi connectivity index (χ1v) is 5.55. The number of aliphatic hydroxyl groups is 1. The highest BCUT2D eigenvalue weighted by atomic mass is 16.3. The first-order valence-electron chi connectivity index (χ1n) is 5.55. The molecule has 0 aliphatic heterocycles. The Morgan fingerprint density at radius 2 is 2.31 bits per heavy atom. The van der Waals surface area contributed by atoms with Crippen molar-refractivity contribution in [2.24, 2.45) is 17.3 Å². The minimum atomic E-state index is 0.372. The van der Waals surface area contributed by atoms with Gasteiger partial charge < -0.3 is 5.11 Å². The van der Waals surface area contributed by atoms with Gasteiger partial charge >= 0.3 is 0 Å². The van der Waals surface area contributed by atoms with E-state index in [9.17, 15) is 0 Å². The Morgan fingerprint density at radius 3 is 3.08 bits per heavy atom. The van der Waals surface area contributed by atoms with Gasteiger partial charge in [0.25, 0.3) is 0 Å². The van der Waals surface area contributed by atoms with Gasteiger partial charge in [0.05, 0.1) is 0 Å². The van der Waals surface area contributed by atoms with E-state index in [2.05, 4.69) is 19.1 Å². The molecule has 0 aromatic heterocycles. The summed E-state index contributed by atoms with van der Waals surface area (Å²) in [7, 11) is 0. The molecule has 3 atom stereocenters. The smallest absolute Gasteiger partial charge is 0.0433 e. The lowest BCUT2D eigenvalue weighted by molar-refractivity contribution is 0.130. The normalized spacial score (nSPS) is 43.5. The van der Waals surface area contributed by atoms with E-state index in [0.717, 1.165) is 18.3 Å². The van der Waals surface area contributed by atoms with E-state index in [4.69, 9.17) is 5.11 Å². The zero-order valence-electron chi connectivity index (χ0n) is 8.50. The van der Waals surface area contributed by atoms with E-state index in [0.29, 0.717) is 12.0 Å². The summed E-state index contributed by atoms with van der Waals surface area (Å²) in [5, 5.41) is 9.01. The molecular weight excluding hydrogens is 160 g/mol. The van der Waals surface area contributed by atoms with Crippen LogP contribution in [0.3, 0.4) is 0 Å². The van der Waals surface area contributed by atoms with Gasteiger partial charge in [0.2, 0.25) is 0 Å². The van der Waals surface area contributed by atoms with Crippen LogP contribution in [-0.4, -0.2) is 11.7 Å². The van der Waals surface area contributed by atoms with Crippen LogP contribution in [0.4, 0.5) is 0 Å². The summed E-state index contributed by atoms with van der Waals surface area (Å²) < 4.78 is 0. The van der Waals surface area contributed by atoms with Crippen LogP contribution in [0, 0.1) is 17.3 Å². The number of hydrogen-bond acceptors (Lipinski definition) is 1. The maximum Gasteiger partial charge on any atom is 0.0433 e. The topological polar surface area (TPSA) is 20.2 Å². The van der Waals surface area contributed by atoms with Crippen molar-refractivity contribution in [2.75, 3.05) is 6.61 Å². The Bertz CT molecular complexity index is 209. The monoisotopic (exact) mass is 180 g/mol. The molecule has 2 rings (SSSR count). The molecule has 0 saturated heterocycles. The quantitative estimate of drug-likeness (QED) is 0.648. The molecular formula is C12H20O. The average molecular weight is 180 g/mol. The van der Waals surface area contributed by atoms with E-state index < -0.39 is 0 Å². The average Bonchev–Trinajstić information content (AvgIpc) is 2.45. The van der Waals surface area contributed by atoms with Crippen LogP contribution in [0.25, 0.3) is 0 Å². The highest BCUT2D eigenvalue weighted by molar-refractivity contribution is 5.08. The third kappa shape index (κ3) is 1.43. The molecule has 0 heterocycles. The van der Waals surface area contributed by atoms with E-state index in [1.54, 1.807) is 0 Å². The molecule has 0 aromatic rings. The molecule has 1 N–H and O–H groups in total. The predicted molar refractivity (Wildman–Crippen MR) is 54.4 cm³/mol. The third-order valence-corrected chi connectivity index (χ3v) is 4.30. The maximum absolute atomic E-state index is 9.01. The molecule has 1 nitrogen and oxygen atoms in total. The first-order chi connectivity index (χ1) is 6.27. The molecule has 2 aliphatic rings. The molecule has 3 unspecified atom stereocenters. The summed E-state index contributed by atoms with van der Waals surface area (Å²) in [6, 6.07) is 0. The fourth-order valence-corrected chi connectivity index (χ4v) is 3.33. The SMILES string of the molecule is CC12CCC=CC1CCC2CCO. The van der Waals surface area contributed by atoms with Crippen molar-refractivity contribution in [3.63, 3.8) is 0 Å². The minimum absolute atomic E-state index is 0.372. The van der Waals surface area contributed by atoms with E-state index >= 15 is 0 Å². The number of aliphatic hydroxyl groups excluding tert-OH is 1. The van der Waals surface area contributed by atoms with Crippen LogP contribution in [0.5, 0.6) is 0 Å². The van der Waals surface area contributed by atoms with Crippen molar-refractivity contribution in [3.05, 3.63) is 12.2 Å². The van der Waals surface area contributed by atoms with Gasteiger partial charge in [-0.2, -0.15) is 0 Å². The van der Waals surface area contributed by atoms with E-state index in [1.807, 2.05) is 0 Å². The minimum Gasteiger partial charge on any atom is -0.396 e. The Labute approximate surface area is 80.8 Å². The lowest BCUT2D eigenvalue weighted by Gasteiger charge is -2.38. The van der Waals surface area contributed by atoms with Crippen molar-refractivity contribution in [1.82, 2.24) is 0 Å². The predicted octanol–water partition coefficient (Wildman–Crippen LogP) is 2.75. The molecule has 1 fully saturated rings. The Morgan fingerprint density at radius 1 is 1.46 bits per heavy atom. The van der Waals surface area contributed by atoms with Gasteiger partial charge in [-0.25, -0.2) is 0 Å². The third-order valence-electron chi connectivity index (χ3n) is 4.30. The van der Waals surface area contributed by atoms with Crippen molar-refractivity contribution in [3.8, 4) is 0 Å². The fourth-order valence-electron chi connectivity index (χ4n) is 3.33. The van der Waals surface area contributed by atoms with Crippen LogP contribution in [-0.2, 0) is 0 Å². The van der Waals surface area contributed by atoms with Gasteiger partial charge in [0.15, 0.2) is 0 Å². The number of fused-ring (bicyclic) bond motifs is 1. The van der Waals surface area contributed by atoms with Crippen LogP contribution >= 0.6 is 0 Å². The number of hydrogen-bond donors (Lipinski definition) is 1. The summed E-state index contributed by atoms with van der Waals surface area (Å²) in [6.07, 6.45) is 11.0. The van der Waals surface area contributed by atoms with Crippen LogP contribution in [0.15, 0.2) is 12.2 Å². The standard InChI is InChI=1S/C12H20O/c1-12-8-3-2-4-10(12)5-6-11(12)7-9-13/h2,4,10-11,13H,3,5-9H2,1H3. The second kappa shape index (κ2) is 3.45. The largest absolute Gasteiger partial charge is 0.396 e. The van der Waals surface area contributed by atoms with Gasteiger partial charge in [-0.3, -0.25) is 0 Å². The Hall–Kier alpha value is -0.300. The van der Waals surface area contributed by atoms with Gasteiger partial charge in [-0.1, -0.05) is 19.1 Å². The molecule has 0 bridgehead atoms. The summed E-state index contributed by atoms with van der Waals surface area (Å²) in [6.45, 7) is 2.80. The molecule has 0 aromatic carbocycles. The zero-order valence-corrected chi connectivity index (χ0v) is 8.50. The van der Waals surface area contributed by atoms with Crippen LogP contribution < -0.4 is 0 Å².